The third-order valence-electron chi connectivity index (χ3n) is 5.96. The molecule has 3 heterocycles. The van der Waals surface area contributed by atoms with Gasteiger partial charge in [-0.1, -0.05) is 17.7 Å². The number of hydrogen-bond acceptors (Lipinski definition) is 4. The summed E-state index contributed by atoms with van der Waals surface area (Å²) in [5, 5.41) is 0. The van der Waals surface area contributed by atoms with E-state index < -0.39 is 0 Å². The molecule has 0 aliphatic carbocycles. The van der Waals surface area contributed by atoms with E-state index >= 15 is 0 Å². The van der Waals surface area contributed by atoms with Crippen LogP contribution in [0.15, 0.2) is 48.8 Å². The van der Waals surface area contributed by atoms with Crippen molar-refractivity contribution in [1.82, 2.24) is 9.88 Å². The molecule has 1 aromatic heterocycles. The van der Waals surface area contributed by atoms with Crippen molar-refractivity contribution in [1.29, 1.82) is 0 Å². The fourth-order valence-corrected chi connectivity index (χ4v) is 4.33. The van der Waals surface area contributed by atoms with Crippen LogP contribution >= 0.6 is 0 Å². The number of aromatic nitrogens is 1. The molecule has 0 radical (unpaired) electrons. The fourth-order valence-electron chi connectivity index (χ4n) is 4.33. The van der Waals surface area contributed by atoms with Gasteiger partial charge in [0.25, 0.3) is 5.91 Å². The number of ether oxygens (including phenoxy) is 1. The van der Waals surface area contributed by atoms with Gasteiger partial charge >= 0.3 is 0 Å². The van der Waals surface area contributed by atoms with Crippen LogP contribution in [-0.4, -0.2) is 54.2 Å². The van der Waals surface area contributed by atoms with E-state index in [1.165, 1.54) is 11.3 Å². The first-order valence-corrected chi connectivity index (χ1v) is 9.20. The van der Waals surface area contributed by atoms with Gasteiger partial charge in [-0.15, -0.1) is 0 Å². The molecule has 0 N–H and O–H groups in total. The van der Waals surface area contributed by atoms with Gasteiger partial charge in [0.05, 0.1) is 11.6 Å². The molecule has 2 fully saturated rings. The van der Waals surface area contributed by atoms with Gasteiger partial charge in [0.1, 0.15) is 0 Å². The number of anilines is 1. The largest absolute Gasteiger partial charge is 0.377 e. The SMILES string of the molecule is COC1CN(c2ccc(C)cc2)C12CCN(C(=O)c1ccncc1)CC2. The number of hydrogen-bond donors (Lipinski definition) is 0. The minimum atomic E-state index is -0.000961. The van der Waals surface area contributed by atoms with Crippen LogP contribution in [0.1, 0.15) is 28.8 Å². The molecule has 2 aromatic rings. The number of piperidine rings is 1. The maximum Gasteiger partial charge on any atom is 0.253 e. The highest BCUT2D eigenvalue weighted by Gasteiger charge is 2.55. The first kappa shape index (κ1) is 17.0. The van der Waals surface area contributed by atoms with Crippen LogP contribution in [0.3, 0.4) is 0 Å². The van der Waals surface area contributed by atoms with Crippen LogP contribution in [0.4, 0.5) is 5.69 Å². The normalized spacial score (nSPS) is 21.5. The molecule has 0 bridgehead atoms. The molecule has 0 saturated carbocycles. The lowest BCUT2D eigenvalue weighted by molar-refractivity contribution is -0.0433. The molecule has 2 aliphatic heterocycles. The lowest BCUT2D eigenvalue weighted by Gasteiger charge is -2.61. The number of likely N-dealkylation sites (tertiary alicyclic amines) is 1. The Morgan fingerprint density at radius 2 is 1.77 bits per heavy atom. The van der Waals surface area contributed by atoms with Crippen molar-refractivity contribution < 1.29 is 9.53 Å². The fraction of sp³-hybridized carbons (Fsp3) is 0.429. The van der Waals surface area contributed by atoms with E-state index in [-0.39, 0.29) is 17.6 Å². The van der Waals surface area contributed by atoms with Crippen molar-refractivity contribution in [3.63, 3.8) is 0 Å². The van der Waals surface area contributed by atoms with Crippen molar-refractivity contribution in [2.75, 3.05) is 31.6 Å². The summed E-state index contributed by atoms with van der Waals surface area (Å²) in [6.07, 6.45) is 5.42. The molecule has 4 rings (SSSR count). The zero-order chi connectivity index (χ0) is 18.1. The topological polar surface area (TPSA) is 45.7 Å². The molecule has 2 saturated heterocycles. The highest BCUT2D eigenvalue weighted by Crippen LogP contribution is 2.44. The number of rotatable bonds is 3. The average Bonchev–Trinajstić information content (AvgIpc) is 2.69. The van der Waals surface area contributed by atoms with Gasteiger partial charge in [-0.3, -0.25) is 9.78 Å². The summed E-state index contributed by atoms with van der Waals surface area (Å²) in [4.78, 5) is 21.1. The molecule has 1 atom stereocenters. The second-order valence-electron chi connectivity index (χ2n) is 7.30. The van der Waals surface area contributed by atoms with Gasteiger partial charge < -0.3 is 14.5 Å². The molecule has 26 heavy (non-hydrogen) atoms. The molecule has 2 aliphatic rings. The van der Waals surface area contributed by atoms with E-state index in [0.717, 1.165) is 32.5 Å². The summed E-state index contributed by atoms with van der Waals surface area (Å²) in [6, 6.07) is 12.3. The van der Waals surface area contributed by atoms with E-state index in [0.29, 0.717) is 5.56 Å². The van der Waals surface area contributed by atoms with E-state index in [4.69, 9.17) is 4.74 Å². The number of nitrogens with zero attached hydrogens (tertiary/aromatic N) is 3. The Morgan fingerprint density at radius 3 is 2.38 bits per heavy atom. The number of methoxy groups -OCH3 is 1. The van der Waals surface area contributed by atoms with Gasteiger partial charge in [0.2, 0.25) is 0 Å². The Kier molecular flexibility index (Phi) is 4.41. The molecule has 5 heteroatoms. The van der Waals surface area contributed by atoms with Gasteiger partial charge in [0.15, 0.2) is 0 Å². The van der Waals surface area contributed by atoms with Crippen LogP contribution in [0.25, 0.3) is 0 Å². The van der Waals surface area contributed by atoms with Crippen LogP contribution < -0.4 is 4.90 Å². The second kappa shape index (κ2) is 6.72. The first-order valence-electron chi connectivity index (χ1n) is 9.20. The standard InChI is InChI=1S/C21H25N3O2/c1-16-3-5-18(6-4-16)24-15-19(26-2)21(24)9-13-23(14-10-21)20(25)17-7-11-22-12-8-17/h3-8,11-12,19H,9-10,13-15H2,1-2H3. The number of aryl methyl sites for hydroxylation is 1. The summed E-state index contributed by atoms with van der Waals surface area (Å²) in [5.74, 6) is 0.0948. The monoisotopic (exact) mass is 351 g/mol. The van der Waals surface area contributed by atoms with Gasteiger partial charge in [-0.05, 0) is 44.0 Å². The number of carbonyl (C=O) groups is 1. The highest BCUT2D eigenvalue weighted by atomic mass is 16.5. The minimum absolute atomic E-state index is 0.000961. The summed E-state index contributed by atoms with van der Waals surface area (Å²) in [5.41, 5.74) is 3.23. The van der Waals surface area contributed by atoms with Crippen molar-refractivity contribution in [3.05, 3.63) is 59.9 Å². The van der Waals surface area contributed by atoms with Crippen molar-refractivity contribution in [3.8, 4) is 0 Å². The predicted octanol–water partition coefficient (Wildman–Crippen LogP) is 2.90. The van der Waals surface area contributed by atoms with Crippen LogP contribution in [-0.2, 0) is 4.74 Å². The zero-order valence-corrected chi connectivity index (χ0v) is 15.4. The zero-order valence-electron chi connectivity index (χ0n) is 15.4. The van der Waals surface area contributed by atoms with Gasteiger partial charge in [-0.2, -0.15) is 0 Å². The van der Waals surface area contributed by atoms with E-state index in [9.17, 15) is 4.79 Å². The minimum Gasteiger partial charge on any atom is -0.377 e. The number of carbonyl (C=O) groups excluding carboxylic acids is 1. The van der Waals surface area contributed by atoms with Crippen LogP contribution in [0.5, 0.6) is 0 Å². The van der Waals surface area contributed by atoms with Crippen molar-refractivity contribution >= 4 is 11.6 Å². The molecule has 1 unspecified atom stereocenters. The third kappa shape index (κ3) is 2.76. The predicted molar refractivity (Wildman–Crippen MR) is 101 cm³/mol. The van der Waals surface area contributed by atoms with Crippen molar-refractivity contribution in [2.45, 2.75) is 31.4 Å². The molecule has 136 valence electrons. The Bertz CT molecular complexity index is 768. The first-order chi connectivity index (χ1) is 12.6. The molecule has 5 nitrogen and oxygen atoms in total. The third-order valence-corrected chi connectivity index (χ3v) is 5.96. The lowest BCUT2D eigenvalue weighted by Crippen LogP contribution is -2.74. The highest BCUT2D eigenvalue weighted by molar-refractivity contribution is 5.94. The van der Waals surface area contributed by atoms with Gasteiger partial charge in [-0.25, -0.2) is 0 Å². The Labute approximate surface area is 154 Å². The molecular formula is C21H25N3O2. The molecule has 1 aromatic carbocycles. The van der Waals surface area contributed by atoms with Gasteiger partial charge in [0, 0.05) is 50.4 Å². The Hall–Kier alpha value is -2.40. The second-order valence-corrected chi connectivity index (χ2v) is 7.30. The maximum atomic E-state index is 12.7. The van der Waals surface area contributed by atoms with E-state index in [1.54, 1.807) is 31.6 Å². The summed E-state index contributed by atoms with van der Waals surface area (Å²) in [7, 11) is 1.80. The lowest BCUT2D eigenvalue weighted by atomic mass is 9.73. The smallest absolute Gasteiger partial charge is 0.253 e. The van der Waals surface area contributed by atoms with E-state index in [2.05, 4.69) is 41.1 Å². The number of benzene rings is 1. The maximum absolute atomic E-state index is 12.7. The Morgan fingerprint density at radius 1 is 1.12 bits per heavy atom. The molecule has 1 amide bonds. The van der Waals surface area contributed by atoms with Crippen molar-refractivity contribution in [2.24, 2.45) is 0 Å². The van der Waals surface area contributed by atoms with Crippen LogP contribution in [0, 0.1) is 6.92 Å². The molecule has 1 spiro atoms. The average molecular weight is 351 g/mol. The number of amides is 1. The summed E-state index contributed by atoms with van der Waals surface area (Å²) in [6.45, 7) is 4.53. The molecular weight excluding hydrogens is 326 g/mol. The van der Waals surface area contributed by atoms with E-state index in [1.807, 2.05) is 4.90 Å². The van der Waals surface area contributed by atoms with Crippen LogP contribution in [0.2, 0.25) is 0 Å². The Balaban J connectivity index is 1.50. The summed E-state index contributed by atoms with van der Waals surface area (Å²) < 4.78 is 5.78. The summed E-state index contributed by atoms with van der Waals surface area (Å²) >= 11 is 0. The number of pyridine rings is 1. The quantitative estimate of drug-likeness (QED) is 0.853.